The monoisotopic (exact) mass is 383 g/mol. The van der Waals surface area contributed by atoms with Crippen LogP contribution in [-0.4, -0.2) is 0 Å². The highest BCUT2D eigenvalue weighted by atomic mass is 32.2. The summed E-state index contributed by atoms with van der Waals surface area (Å²) in [6, 6.07) is 26.8. The number of hydrogen-bond donors (Lipinski definition) is 1. The first-order valence-corrected chi connectivity index (χ1v) is 11.1. The number of nitrogens with one attached hydrogen (secondary N) is 1. The molecule has 1 N–H and O–H groups in total. The van der Waals surface area contributed by atoms with E-state index in [0.717, 1.165) is 12.2 Å². The lowest BCUT2D eigenvalue weighted by Gasteiger charge is -2.38. The van der Waals surface area contributed by atoms with Gasteiger partial charge in [0.05, 0.1) is 6.04 Å². The fourth-order valence-electron chi connectivity index (χ4n) is 4.72. The number of benzene rings is 3. The number of thioether (sulfide) groups is 1. The Bertz CT molecular complexity index is 994. The topological polar surface area (TPSA) is 12.0 Å². The Labute approximate surface area is 171 Å². The van der Waals surface area contributed by atoms with Crippen molar-refractivity contribution in [2.45, 2.75) is 36.0 Å². The lowest BCUT2D eigenvalue weighted by atomic mass is 9.76. The molecule has 0 saturated heterocycles. The first-order chi connectivity index (χ1) is 13.8. The third kappa shape index (κ3) is 3.27. The Morgan fingerprint density at radius 3 is 2.50 bits per heavy atom. The predicted molar refractivity (Wildman–Crippen MR) is 120 cm³/mol. The molecule has 0 radical (unpaired) electrons. The Balaban J connectivity index is 1.46. The third-order valence-electron chi connectivity index (χ3n) is 6.03. The maximum absolute atomic E-state index is 3.91. The summed E-state index contributed by atoms with van der Waals surface area (Å²) in [6.45, 7) is 2.25. The molecular weight excluding hydrogens is 358 g/mol. The molecule has 1 nitrogen and oxygen atoms in total. The molecule has 28 heavy (non-hydrogen) atoms. The van der Waals surface area contributed by atoms with Gasteiger partial charge in [0, 0.05) is 22.3 Å². The number of anilines is 1. The van der Waals surface area contributed by atoms with Crippen LogP contribution in [0.4, 0.5) is 5.69 Å². The highest BCUT2D eigenvalue weighted by Gasteiger charge is 2.38. The molecule has 1 aliphatic heterocycles. The number of aryl methyl sites for hydroxylation is 1. The summed E-state index contributed by atoms with van der Waals surface area (Å²) >= 11 is 1.92. The first-order valence-electron chi connectivity index (χ1n) is 10.1. The molecule has 0 unspecified atom stereocenters. The molecule has 5 rings (SSSR count). The van der Waals surface area contributed by atoms with Crippen LogP contribution in [0.1, 0.15) is 40.6 Å². The van der Waals surface area contributed by atoms with Crippen LogP contribution in [0.15, 0.2) is 89.8 Å². The number of allylic oxidation sites excluding steroid dienone is 2. The molecule has 3 atom stereocenters. The smallest absolute Gasteiger partial charge is 0.0554 e. The summed E-state index contributed by atoms with van der Waals surface area (Å²) < 4.78 is 0. The van der Waals surface area contributed by atoms with Gasteiger partial charge in [-0.05, 0) is 53.6 Å². The van der Waals surface area contributed by atoms with Crippen molar-refractivity contribution in [1.82, 2.24) is 0 Å². The number of fused-ring (bicyclic) bond motifs is 3. The van der Waals surface area contributed by atoms with Gasteiger partial charge in [-0.3, -0.25) is 0 Å². The van der Waals surface area contributed by atoms with Crippen molar-refractivity contribution in [3.05, 3.63) is 107 Å². The van der Waals surface area contributed by atoms with Crippen molar-refractivity contribution in [2.75, 3.05) is 5.32 Å². The summed E-state index contributed by atoms with van der Waals surface area (Å²) in [5.41, 5.74) is 7.00. The van der Waals surface area contributed by atoms with Crippen LogP contribution < -0.4 is 5.32 Å². The fourth-order valence-corrected chi connectivity index (χ4v) is 5.57. The SMILES string of the molecule is Cc1cc(CSc2ccccc2)cc2c1N[C@H](c1ccccc1)[C@H]1CC=C[C@@H]21. The molecule has 2 heteroatoms. The molecule has 0 aromatic heterocycles. The van der Waals surface area contributed by atoms with E-state index in [2.05, 4.69) is 97.2 Å². The second kappa shape index (κ2) is 7.52. The molecule has 140 valence electrons. The second-order valence-electron chi connectivity index (χ2n) is 7.86. The standard InChI is InChI=1S/C26H25NS/c1-18-15-19(17-28-21-11-6-3-7-12-21)16-24-22-13-8-14-23(22)26(27-25(18)24)20-9-4-2-5-10-20/h2-13,15-16,22-23,26-27H,14,17H2,1H3/t22-,23+,26-/m1/s1. The maximum Gasteiger partial charge on any atom is 0.0554 e. The molecule has 2 aliphatic rings. The molecular formula is C26H25NS. The van der Waals surface area contributed by atoms with Crippen molar-refractivity contribution in [3.63, 3.8) is 0 Å². The predicted octanol–water partition coefficient (Wildman–Crippen LogP) is 7.11. The van der Waals surface area contributed by atoms with Gasteiger partial charge < -0.3 is 5.32 Å². The van der Waals surface area contributed by atoms with Crippen LogP contribution >= 0.6 is 11.8 Å². The van der Waals surface area contributed by atoms with E-state index in [4.69, 9.17) is 0 Å². The molecule has 3 aromatic carbocycles. The van der Waals surface area contributed by atoms with Crippen molar-refractivity contribution >= 4 is 17.4 Å². The van der Waals surface area contributed by atoms with Gasteiger partial charge in [-0.25, -0.2) is 0 Å². The van der Waals surface area contributed by atoms with Crippen LogP contribution in [0.3, 0.4) is 0 Å². The van der Waals surface area contributed by atoms with Crippen LogP contribution in [0.2, 0.25) is 0 Å². The Hall–Kier alpha value is -2.45. The molecule has 0 amide bonds. The lowest BCUT2D eigenvalue weighted by Crippen LogP contribution is -2.29. The largest absolute Gasteiger partial charge is 0.377 e. The highest BCUT2D eigenvalue weighted by Crippen LogP contribution is 2.51. The van der Waals surface area contributed by atoms with Gasteiger partial charge in [-0.2, -0.15) is 0 Å². The van der Waals surface area contributed by atoms with Gasteiger partial charge in [0.25, 0.3) is 0 Å². The Morgan fingerprint density at radius 1 is 0.964 bits per heavy atom. The zero-order chi connectivity index (χ0) is 18.9. The molecule has 1 heterocycles. The van der Waals surface area contributed by atoms with Crippen molar-refractivity contribution in [1.29, 1.82) is 0 Å². The first kappa shape index (κ1) is 17.6. The number of hydrogen-bond acceptors (Lipinski definition) is 2. The quantitative estimate of drug-likeness (QED) is 0.380. The van der Waals surface area contributed by atoms with Gasteiger partial charge in [0.15, 0.2) is 0 Å². The molecule has 0 bridgehead atoms. The van der Waals surface area contributed by atoms with Crippen LogP contribution in [0, 0.1) is 12.8 Å². The van der Waals surface area contributed by atoms with E-state index in [1.165, 1.54) is 32.8 Å². The summed E-state index contributed by atoms with van der Waals surface area (Å²) in [5.74, 6) is 2.13. The molecule has 0 saturated carbocycles. The number of rotatable bonds is 4. The van der Waals surface area contributed by atoms with Crippen molar-refractivity contribution in [2.24, 2.45) is 5.92 Å². The van der Waals surface area contributed by atoms with Gasteiger partial charge in [0.2, 0.25) is 0 Å². The fraction of sp³-hybridized carbons (Fsp3) is 0.231. The zero-order valence-corrected chi connectivity index (χ0v) is 17.0. The van der Waals surface area contributed by atoms with E-state index in [1.807, 2.05) is 11.8 Å². The minimum absolute atomic E-state index is 0.386. The van der Waals surface area contributed by atoms with Crippen LogP contribution in [-0.2, 0) is 5.75 Å². The molecule has 0 spiro atoms. The lowest BCUT2D eigenvalue weighted by molar-refractivity contribution is 0.425. The zero-order valence-electron chi connectivity index (χ0n) is 16.1. The third-order valence-corrected chi connectivity index (χ3v) is 7.12. The summed E-state index contributed by atoms with van der Waals surface area (Å²) in [4.78, 5) is 1.33. The summed E-state index contributed by atoms with van der Waals surface area (Å²) in [5, 5.41) is 3.91. The van der Waals surface area contributed by atoms with Gasteiger partial charge in [-0.15, -0.1) is 11.8 Å². The summed E-state index contributed by atoms with van der Waals surface area (Å²) in [7, 11) is 0. The van der Waals surface area contributed by atoms with E-state index in [1.54, 1.807) is 0 Å². The van der Waals surface area contributed by atoms with E-state index in [-0.39, 0.29) is 0 Å². The van der Waals surface area contributed by atoms with E-state index < -0.39 is 0 Å². The minimum Gasteiger partial charge on any atom is -0.377 e. The van der Waals surface area contributed by atoms with Crippen LogP contribution in [0.25, 0.3) is 0 Å². The Kier molecular flexibility index (Phi) is 4.74. The average Bonchev–Trinajstić information content (AvgIpc) is 3.24. The van der Waals surface area contributed by atoms with E-state index in [9.17, 15) is 0 Å². The van der Waals surface area contributed by atoms with Gasteiger partial charge in [-0.1, -0.05) is 72.8 Å². The normalized spacial score (nSPS) is 22.4. The second-order valence-corrected chi connectivity index (χ2v) is 8.91. The average molecular weight is 384 g/mol. The Morgan fingerprint density at radius 2 is 1.71 bits per heavy atom. The van der Waals surface area contributed by atoms with Crippen molar-refractivity contribution < 1.29 is 0 Å². The maximum atomic E-state index is 3.91. The van der Waals surface area contributed by atoms with Crippen LogP contribution in [0.5, 0.6) is 0 Å². The van der Waals surface area contributed by atoms with E-state index in [0.29, 0.717) is 17.9 Å². The van der Waals surface area contributed by atoms with Gasteiger partial charge in [0.1, 0.15) is 0 Å². The summed E-state index contributed by atoms with van der Waals surface area (Å²) in [6.07, 6.45) is 5.97. The highest BCUT2D eigenvalue weighted by molar-refractivity contribution is 7.98. The molecule has 3 aromatic rings. The minimum atomic E-state index is 0.386. The van der Waals surface area contributed by atoms with Crippen molar-refractivity contribution in [3.8, 4) is 0 Å². The van der Waals surface area contributed by atoms with Gasteiger partial charge >= 0.3 is 0 Å². The molecule has 1 aliphatic carbocycles. The van der Waals surface area contributed by atoms with E-state index >= 15 is 0 Å². The molecule has 0 fully saturated rings.